The SMILES string of the molecule is CC1CC1CNC(=O)c1cc([N+](=O)[O-])ccc1Br. The lowest BCUT2D eigenvalue weighted by Gasteiger charge is -2.06. The summed E-state index contributed by atoms with van der Waals surface area (Å²) in [5.74, 6) is 0.940. The van der Waals surface area contributed by atoms with Crippen LogP contribution in [0.5, 0.6) is 0 Å². The topological polar surface area (TPSA) is 72.2 Å². The van der Waals surface area contributed by atoms with E-state index >= 15 is 0 Å². The molecule has 1 fully saturated rings. The third-order valence-corrected chi connectivity index (χ3v) is 3.90. The van der Waals surface area contributed by atoms with E-state index in [0.29, 0.717) is 28.4 Å². The van der Waals surface area contributed by atoms with E-state index in [4.69, 9.17) is 0 Å². The number of carbonyl (C=O) groups is 1. The Kier molecular flexibility index (Phi) is 3.65. The van der Waals surface area contributed by atoms with Crippen molar-refractivity contribution in [1.29, 1.82) is 0 Å². The monoisotopic (exact) mass is 312 g/mol. The fraction of sp³-hybridized carbons (Fsp3) is 0.417. The molecule has 18 heavy (non-hydrogen) atoms. The molecule has 0 bridgehead atoms. The number of carbonyl (C=O) groups excluding carboxylic acids is 1. The third kappa shape index (κ3) is 2.87. The van der Waals surface area contributed by atoms with Crippen LogP contribution in [0.1, 0.15) is 23.7 Å². The number of nitro benzene ring substituents is 1. The Morgan fingerprint density at radius 2 is 2.28 bits per heavy atom. The van der Waals surface area contributed by atoms with E-state index in [-0.39, 0.29) is 11.6 Å². The average Bonchev–Trinajstić information content (AvgIpc) is 3.02. The molecule has 0 aromatic heterocycles. The second kappa shape index (κ2) is 5.06. The molecular formula is C12H13BrN2O3. The highest BCUT2D eigenvalue weighted by atomic mass is 79.9. The van der Waals surface area contributed by atoms with Crippen LogP contribution in [0.3, 0.4) is 0 Å². The smallest absolute Gasteiger partial charge is 0.270 e. The van der Waals surface area contributed by atoms with Crippen molar-refractivity contribution < 1.29 is 9.72 Å². The number of nitro groups is 1. The van der Waals surface area contributed by atoms with E-state index in [2.05, 4.69) is 28.2 Å². The lowest BCUT2D eigenvalue weighted by molar-refractivity contribution is -0.384. The molecule has 1 aromatic rings. The molecule has 0 radical (unpaired) electrons. The quantitative estimate of drug-likeness (QED) is 0.686. The molecular weight excluding hydrogens is 300 g/mol. The Morgan fingerprint density at radius 3 is 2.83 bits per heavy atom. The first-order chi connectivity index (χ1) is 8.49. The lowest BCUT2D eigenvalue weighted by Crippen LogP contribution is -2.26. The Morgan fingerprint density at radius 1 is 1.61 bits per heavy atom. The first kappa shape index (κ1) is 13.0. The van der Waals surface area contributed by atoms with Crippen molar-refractivity contribution >= 4 is 27.5 Å². The number of nitrogens with zero attached hydrogens (tertiary/aromatic N) is 1. The van der Waals surface area contributed by atoms with Gasteiger partial charge in [-0.3, -0.25) is 14.9 Å². The molecule has 0 spiro atoms. The van der Waals surface area contributed by atoms with Crippen LogP contribution in [-0.2, 0) is 0 Å². The van der Waals surface area contributed by atoms with Gasteiger partial charge in [0, 0.05) is 23.2 Å². The Balaban J connectivity index is 2.08. The van der Waals surface area contributed by atoms with Crippen molar-refractivity contribution in [3.8, 4) is 0 Å². The third-order valence-electron chi connectivity index (χ3n) is 3.21. The molecule has 1 aromatic carbocycles. The average molecular weight is 313 g/mol. The molecule has 0 saturated heterocycles. The Labute approximate surface area is 113 Å². The van der Waals surface area contributed by atoms with E-state index in [1.165, 1.54) is 18.2 Å². The molecule has 1 aliphatic carbocycles. The summed E-state index contributed by atoms with van der Waals surface area (Å²) in [7, 11) is 0. The lowest BCUT2D eigenvalue weighted by atomic mass is 10.2. The minimum absolute atomic E-state index is 0.0804. The maximum atomic E-state index is 11.9. The van der Waals surface area contributed by atoms with Gasteiger partial charge in [-0.15, -0.1) is 0 Å². The van der Waals surface area contributed by atoms with Crippen molar-refractivity contribution in [2.45, 2.75) is 13.3 Å². The fourth-order valence-electron chi connectivity index (χ4n) is 1.80. The number of rotatable bonds is 4. The van der Waals surface area contributed by atoms with Gasteiger partial charge in [-0.25, -0.2) is 0 Å². The number of benzene rings is 1. The van der Waals surface area contributed by atoms with Crippen molar-refractivity contribution in [1.82, 2.24) is 5.32 Å². The summed E-state index contributed by atoms with van der Waals surface area (Å²) in [5, 5.41) is 13.5. The van der Waals surface area contributed by atoms with Crippen LogP contribution < -0.4 is 5.32 Å². The first-order valence-electron chi connectivity index (χ1n) is 5.71. The highest BCUT2D eigenvalue weighted by molar-refractivity contribution is 9.10. The van der Waals surface area contributed by atoms with E-state index in [0.717, 1.165) is 6.42 Å². The molecule has 2 unspecified atom stereocenters. The van der Waals surface area contributed by atoms with E-state index in [1.807, 2.05) is 0 Å². The van der Waals surface area contributed by atoms with E-state index in [9.17, 15) is 14.9 Å². The Hall–Kier alpha value is -1.43. The largest absolute Gasteiger partial charge is 0.352 e. The van der Waals surface area contributed by atoms with Crippen molar-refractivity contribution in [2.24, 2.45) is 11.8 Å². The predicted molar refractivity (Wildman–Crippen MR) is 70.4 cm³/mol. The standard InChI is InChI=1S/C12H13BrN2O3/c1-7-4-8(7)6-14-12(16)10-5-9(15(17)18)2-3-11(10)13/h2-3,5,7-8H,4,6H2,1H3,(H,14,16). The summed E-state index contributed by atoms with van der Waals surface area (Å²) >= 11 is 3.23. The molecule has 0 heterocycles. The van der Waals surface area contributed by atoms with Crippen LogP contribution >= 0.6 is 15.9 Å². The van der Waals surface area contributed by atoms with Gasteiger partial charge in [0.05, 0.1) is 10.5 Å². The number of halogens is 1. The zero-order chi connectivity index (χ0) is 13.3. The van der Waals surface area contributed by atoms with Crippen molar-refractivity contribution in [2.75, 3.05) is 6.54 Å². The van der Waals surface area contributed by atoms with Gasteiger partial charge in [0.25, 0.3) is 11.6 Å². The molecule has 6 heteroatoms. The van der Waals surface area contributed by atoms with Gasteiger partial charge in [0.1, 0.15) is 0 Å². The first-order valence-corrected chi connectivity index (χ1v) is 6.50. The fourth-order valence-corrected chi connectivity index (χ4v) is 2.23. The summed E-state index contributed by atoms with van der Waals surface area (Å²) in [6.45, 7) is 2.77. The molecule has 2 rings (SSSR count). The van der Waals surface area contributed by atoms with Crippen LogP contribution in [0.2, 0.25) is 0 Å². The van der Waals surface area contributed by atoms with Crippen LogP contribution in [0.4, 0.5) is 5.69 Å². The number of hydrogen-bond acceptors (Lipinski definition) is 3. The predicted octanol–water partition coefficient (Wildman–Crippen LogP) is 2.74. The van der Waals surface area contributed by atoms with Crippen molar-refractivity contribution in [3.05, 3.63) is 38.3 Å². The zero-order valence-corrected chi connectivity index (χ0v) is 11.4. The molecule has 96 valence electrons. The Bertz CT molecular complexity index is 504. The molecule has 1 N–H and O–H groups in total. The van der Waals surface area contributed by atoms with Gasteiger partial charge in [-0.2, -0.15) is 0 Å². The van der Waals surface area contributed by atoms with E-state index < -0.39 is 4.92 Å². The summed E-state index contributed by atoms with van der Waals surface area (Å²) in [6.07, 6.45) is 1.14. The molecule has 1 saturated carbocycles. The summed E-state index contributed by atoms with van der Waals surface area (Å²) in [5.41, 5.74) is 0.223. The summed E-state index contributed by atoms with van der Waals surface area (Å²) < 4.78 is 0.564. The second-order valence-electron chi connectivity index (χ2n) is 4.60. The summed E-state index contributed by atoms with van der Waals surface area (Å²) in [4.78, 5) is 22.1. The van der Waals surface area contributed by atoms with Gasteiger partial charge >= 0.3 is 0 Å². The molecule has 2 atom stereocenters. The molecule has 0 aliphatic heterocycles. The number of non-ortho nitro benzene ring substituents is 1. The molecule has 1 aliphatic rings. The summed E-state index contributed by atoms with van der Waals surface area (Å²) in [6, 6.07) is 4.17. The highest BCUT2D eigenvalue weighted by Gasteiger charge is 2.32. The highest BCUT2D eigenvalue weighted by Crippen LogP contribution is 2.36. The van der Waals surface area contributed by atoms with Crippen molar-refractivity contribution in [3.63, 3.8) is 0 Å². The van der Waals surface area contributed by atoms with Gasteiger partial charge in [-0.1, -0.05) is 6.92 Å². The minimum atomic E-state index is -0.508. The van der Waals surface area contributed by atoms with Gasteiger partial charge in [-0.05, 0) is 40.3 Å². The number of amides is 1. The van der Waals surface area contributed by atoms with Gasteiger partial charge in [0.15, 0.2) is 0 Å². The van der Waals surface area contributed by atoms with Crippen LogP contribution in [-0.4, -0.2) is 17.4 Å². The van der Waals surface area contributed by atoms with Gasteiger partial charge in [0.2, 0.25) is 0 Å². The maximum Gasteiger partial charge on any atom is 0.270 e. The van der Waals surface area contributed by atoms with Crippen LogP contribution in [0, 0.1) is 22.0 Å². The maximum absolute atomic E-state index is 11.9. The second-order valence-corrected chi connectivity index (χ2v) is 5.46. The van der Waals surface area contributed by atoms with Crippen LogP contribution in [0.25, 0.3) is 0 Å². The van der Waals surface area contributed by atoms with Crippen LogP contribution in [0.15, 0.2) is 22.7 Å². The zero-order valence-electron chi connectivity index (χ0n) is 9.85. The minimum Gasteiger partial charge on any atom is -0.352 e. The van der Waals surface area contributed by atoms with E-state index in [1.54, 1.807) is 0 Å². The number of hydrogen-bond donors (Lipinski definition) is 1. The normalized spacial score (nSPS) is 21.4. The molecule has 5 nitrogen and oxygen atoms in total. The molecule has 1 amide bonds. The van der Waals surface area contributed by atoms with Gasteiger partial charge < -0.3 is 5.32 Å². The number of nitrogens with one attached hydrogen (secondary N) is 1.